The fourth-order valence-corrected chi connectivity index (χ4v) is 1.56. The molecule has 0 unspecified atom stereocenters. The molecule has 0 saturated heterocycles. The van der Waals surface area contributed by atoms with Crippen LogP contribution in [0, 0.1) is 12.7 Å². The third kappa shape index (κ3) is 2.94. The summed E-state index contributed by atoms with van der Waals surface area (Å²) in [7, 11) is 0. The molecule has 2 nitrogen and oxygen atoms in total. The van der Waals surface area contributed by atoms with Gasteiger partial charge < -0.3 is 4.74 Å². The molecule has 0 N–H and O–H groups in total. The molecule has 1 heterocycles. The highest BCUT2D eigenvalue weighted by Gasteiger charge is 2.03. The van der Waals surface area contributed by atoms with Crippen molar-refractivity contribution in [1.29, 1.82) is 0 Å². The minimum atomic E-state index is -0.250. The zero-order valence-corrected chi connectivity index (χ0v) is 10.0. The van der Waals surface area contributed by atoms with Crippen LogP contribution in [0.3, 0.4) is 0 Å². The molecule has 17 heavy (non-hydrogen) atoms. The number of hydrogen-bond donors (Lipinski definition) is 0. The quantitative estimate of drug-likeness (QED) is 0.768. The van der Waals surface area contributed by atoms with Crippen LogP contribution in [0.15, 0.2) is 36.5 Å². The number of pyridine rings is 1. The second kappa shape index (κ2) is 5.15. The topological polar surface area (TPSA) is 22.1 Å². The first-order valence-electron chi connectivity index (χ1n) is 5.14. The number of nitrogens with zero attached hydrogens (tertiary/aromatic N) is 1. The van der Waals surface area contributed by atoms with Gasteiger partial charge in [-0.15, -0.1) is 11.6 Å². The number of benzene rings is 1. The summed E-state index contributed by atoms with van der Waals surface area (Å²) in [5, 5.41) is 0. The molecule has 2 aromatic rings. The minimum Gasteiger partial charge on any atom is -0.439 e. The fraction of sp³-hybridized carbons (Fsp3) is 0.154. The predicted molar refractivity (Wildman–Crippen MR) is 65.0 cm³/mol. The molecule has 0 amide bonds. The molecule has 0 atom stereocenters. The van der Waals surface area contributed by atoms with Crippen molar-refractivity contribution in [2.24, 2.45) is 0 Å². The molecule has 88 valence electrons. The summed E-state index contributed by atoms with van der Waals surface area (Å²) in [6.45, 7) is 1.69. The van der Waals surface area contributed by atoms with E-state index in [9.17, 15) is 4.39 Å². The Kier molecular flexibility index (Phi) is 3.59. The van der Waals surface area contributed by atoms with E-state index in [0.717, 1.165) is 5.56 Å². The van der Waals surface area contributed by atoms with Crippen molar-refractivity contribution in [2.45, 2.75) is 12.8 Å². The Morgan fingerprint density at radius 3 is 2.82 bits per heavy atom. The number of hydrogen-bond acceptors (Lipinski definition) is 2. The SMILES string of the molecule is Cc1cc(Oc2cc(CCl)ccn2)ccc1F. The Balaban J connectivity index is 2.22. The maximum Gasteiger partial charge on any atom is 0.219 e. The van der Waals surface area contributed by atoms with Gasteiger partial charge in [0.2, 0.25) is 5.88 Å². The largest absolute Gasteiger partial charge is 0.439 e. The van der Waals surface area contributed by atoms with Gasteiger partial charge in [0.15, 0.2) is 0 Å². The van der Waals surface area contributed by atoms with Gasteiger partial charge >= 0.3 is 0 Å². The number of rotatable bonds is 3. The maximum absolute atomic E-state index is 13.1. The van der Waals surface area contributed by atoms with E-state index in [0.29, 0.717) is 23.1 Å². The number of ether oxygens (including phenoxy) is 1. The van der Waals surface area contributed by atoms with Crippen LogP contribution in [0.1, 0.15) is 11.1 Å². The molecule has 0 fully saturated rings. The second-order valence-electron chi connectivity index (χ2n) is 3.65. The molecule has 4 heteroatoms. The van der Waals surface area contributed by atoms with E-state index in [1.165, 1.54) is 6.07 Å². The summed E-state index contributed by atoms with van der Waals surface area (Å²) in [5.41, 5.74) is 1.46. The van der Waals surface area contributed by atoms with E-state index >= 15 is 0 Å². The van der Waals surface area contributed by atoms with E-state index in [1.807, 2.05) is 6.07 Å². The van der Waals surface area contributed by atoms with E-state index in [4.69, 9.17) is 16.3 Å². The minimum absolute atomic E-state index is 0.250. The molecular weight excluding hydrogens is 241 g/mol. The summed E-state index contributed by atoms with van der Waals surface area (Å²) in [6.07, 6.45) is 1.63. The smallest absolute Gasteiger partial charge is 0.219 e. The maximum atomic E-state index is 13.1. The Morgan fingerprint density at radius 1 is 1.29 bits per heavy atom. The second-order valence-corrected chi connectivity index (χ2v) is 3.92. The average Bonchev–Trinajstić information content (AvgIpc) is 2.34. The van der Waals surface area contributed by atoms with Gasteiger partial charge in [0.1, 0.15) is 11.6 Å². The Labute approximate surface area is 104 Å². The van der Waals surface area contributed by atoms with Crippen molar-refractivity contribution in [1.82, 2.24) is 4.98 Å². The molecule has 0 bridgehead atoms. The van der Waals surface area contributed by atoms with Crippen molar-refractivity contribution in [3.05, 3.63) is 53.5 Å². The third-order valence-electron chi connectivity index (χ3n) is 2.31. The summed E-state index contributed by atoms with van der Waals surface area (Å²) in [4.78, 5) is 4.06. The monoisotopic (exact) mass is 251 g/mol. The highest BCUT2D eigenvalue weighted by molar-refractivity contribution is 6.17. The highest BCUT2D eigenvalue weighted by Crippen LogP contribution is 2.22. The van der Waals surface area contributed by atoms with Gasteiger partial charge in [-0.2, -0.15) is 0 Å². The van der Waals surface area contributed by atoms with Gasteiger partial charge in [0.25, 0.3) is 0 Å². The first-order chi connectivity index (χ1) is 8.19. The number of alkyl halides is 1. The fourth-order valence-electron chi connectivity index (χ4n) is 1.39. The lowest BCUT2D eigenvalue weighted by molar-refractivity contribution is 0.460. The molecule has 0 saturated carbocycles. The number of aromatic nitrogens is 1. The van der Waals surface area contributed by atoms with Crippen molar-refractivity contribution in [2.75, 3.05) is 0 Å². The van der Waals surface area contributed by atoms with Gasteiger partial charge in [-0.05, 0) is 42.3 Å². The molecule has 0 spiro atoms. The standard InChI is InChI=1S/C13H11ClFNO/c1-9-6-11(2-3-12(9)15)17-13-7-10(8-14)4-5-16-13/h2-7H,8H2,1H3. The van der Waals surface area contributed by atoms with Crippen molar-refractivity contribution in [3.8, 4) is 11.6 Å². The third-order valence-corrected chi connectivity index (χ3v) is 2.61. The summed E-state index contributed by atoms with van der Waals surface area (Å²) in [6, 6.07) is 8.14. The lowest BCUT2D eigenvalue weighted by Crippen LogP contribution is -1.90. The van der Waals surface area contributed by atoms with Crippen molar-refractivity contribution >= 4 is 11.6 Å². The summed E-state index contributed by atoms with van der Waals surface area (Å²) < 4.78 is 18.6. The predicted octanol–water partition coefficient (Wildman–Crippen LogP) is 4.06. The molecule has 1 aromatic carbocycles. The zero-order chi connectivity index (χ0) is 12.3. The lowest BCUT2D eigenvalue weighted by Gasteiger charge is -2.06. The number of aryl methyl sites for hydroxylation is 1. The van der Waals surface area contributed by atoms with E-state index in [-0.39, 0.29) is 5.82 Å². The van der Waals surface area contributed by atoms with Crippen LogP contribution in [-0.2, 0) is 5.88 Å². The highest BCUT2D eigenvalue weighted by atomic mass is 35.5. The number of halogens is 2. The zero-order valence-electron chi connectivity index (χ0n) is 9.28. The van der Waals surface area contributed by atoms with Crippen LogP contribution in [-0.4, -0.2) is 4.98 Å². The van der Waals surface area contributed by atoms with E-state index in [2.05, 4.69) is 4.98 Å². The van der Waals surface area contributed by atoms with Crippen LogP contribution < -0.4 is 4.74 Å². The van der Waals surface area contributed by atoms with Crippen LogP contribution in [0.5, 0.6) is 11.6 Å². The van der Waals surface area contributed by atoms with Crippen LogP contribution in [0.2, 0.25) is 0 Å². The van der Waals surface area contributed by atoms with Gasteiger partial charge in [-0.3, -0.25) is 0 Å². The van der Waals surface area contributed by atoms with Gasteiger partial charge in [-0.25, -0.2) is 9.37 Å². The van der Waals surface area contributed by atoms with Crippen LogP contribution in [0.25, 0.3) is 0 Å². The van der Waals surface area contributed by atoms with Crippen molar-refractivity contribution < 1.29 is 9.13 Å². The molecule has 1 aromatic heterocycles. The van der Waals surface area contributed by atoms with Crippen LogP contribution in [0.4, 0.5) is 4.39 Å². The van der Waals surface area contributed by atoms with E-state index < -0.39 is 0 Å². The van der Waals surface area contributed by atoms with Crippen LogP contribution >= 0.6 is 11.6 Å². The van der Waals surface area contributed by atoms with Gasteiger partial charge in [-0.1, -0.05) is 0 Å². The summed E-state index contributed by atoms with van der Waals surface area (Å²) in [5.74, 6) is 1.17. The molecule has 0 aliphatic heterocycles. The van der Waals surface area contributed by atoms with Gasteiger partial charge in [0.05, 0.1) is 0 Å². The Bertz CT molecular complexity index is 531. The molecule has 2 rings (SSSR count). The van der Waals surface area contributed by atoms with Gasteiger partial charge in [0, 0.05) is 18.1 Å². The first kappa shape index (κ1) is 11.9. The first-order valence-corrected chi connectivity index (χ1v) is 5.67. The normalized spacial score (nSPS) is 10.3. The molecular formula is C13H11ClFNO. The van der Waals surface area contributed by atoms with E-state index in [1.54, 1.807) is 31.3 Å². The Morgan fingerprint density at radius 2 is 2.12 bits per heavy atom. The average molecular weight is 252 g/mol. The Hall–Kier alpha value is -1.61. The molecule has 0 radical (unpaired) electrons. The van der Waals surface area contributed by atoms with Crippen molar-refractivity contribution in [3.63, 3.8) is 0 Å². The molecule has 0 aliphatic rings. The summed E-state index contributed by atoms with van der Waals surface area (Å²) >= 11 is 5.71. The lowest BCUT2D eigenvalue weighted by atomic mass is 10.2. The molecule has 0 aliphatic carbocycles.